The van der Waals surface area contributed by atoms with Crippen LogP contribution in [0, 0.1) is 0 Å². The van der Waals surface area contributed by atoms with Crippen molar-refractivity contribution in [2.45, 2.75) is 26.8 Å². The first-order chi connectivity index (χ1) is 9.71. The molecule has 5 heteroatoms. The Morgan fingerprint density at radius 1 is 1.30 bits per heavy atom. The number of likely N-dealkylation sites (N-methyl/N-ethyl adjacent to an activating group) is 1. The highest BCUT2D eigenvalue weighted by Crippen LogP contribution is 2.19. The molecule has 0 saturated carbocycles. The van der Waals surface area contributed by atoms with E-state index in [1.165, 1.54) is 0 Å². The molecule has 0 atom stereocenters. The first kappa shape index (κ1) is 14.8. The second kappa shape index (κ2) is 6.70. The molecule has 110 valence electrons. The molecule has 1 amide bonds. The number of nitrogens with one attached hydrogen (secondary N) is 1. The highest BCUT2D eigenvalue weighted by molar-refractivity contribution is 5.93. The van der Waals surface area contributed by atoms with Crippen LogP contribution in [0.25, 0.3) is 0 Å². The SMILES string of the molecule is CCN(CC)C(=O)c1cc(N(CC)C2CNC2)ccn1. The smallest absolute Gasteiger partial charge is 0.272 e. The summed E-state index contributed by atoms with van der Waals surface area (Å²) < 4.78 is 0. The van der Waals surface area contributed by atoms with E-state index in [0.717, 1.165) is 25.3 Å². The number of hydrogen-bond acceptors (Lipinski definition) is 4. The second-order valence-corrected chi connectivity index (χ2v) is 4.97. The van der Waals surface area contributed by atoms with E-state index in [1.54, 1.807) is 11.1 Å². The third kappa shape index (κ3) is 2.93. The third-order valence-corrected chi connectivity index (χ3v) is 3.89. The van der Waals surface area contributed by atoms with E-state index in [4.69, 9.17) is 0 Å². The molecule has 0 unspecified atom stereocenters. The summed E-state index contributed by atoms with van der Waals surface area (Å²) in [5.41, 5.74) is 1.63. The zero-order chi connectivity index (χ0) is 14.5. The monoisotopic (exact) mass is 276 g/mol. The van der Waals surface area contributed by atoms with Gasteiger partial charge in [0.25, 0.3) is 5.91 Å². The third-order valence-electron chi connectivity index (χ3n) is 3.89. The van der Waals surface area contributed by atoms with Crippen molar-refractivity contribution in [3.8, 4) is 0 Å². The van der Waals surface area contributed by atoms with Crippen LogP contribution in [0.3, 0.4) is 0 Å². The van der Waals surface area contributed by atoms with Gasteiger partial charge in [-0.2, -0.15) is 0 Å². The van der Waals surface area contributed by atoms with E-state index in [1.807, 2.05) is 26.0 Å². The predicted molar refractivity (Wildman–Crippen MR) is 81.2 cm³/mol. The van der Waals surface area contributed by atoms with Crippen LogP contribution < -0.4 is 10.2 Å². The zero-order valence-corrected chi connectivity index (χ0v) is 12.6. The van der Waals surface area contributed by atoms with Gasteiger partial charge in [-0.3, -0.25) is 9.78 Å². The lowest BCUT2D eigenvalue weighted by Gasteiger charge is -2.39. The van der Waals surface area contributed by atoms with Gasteiger partial charge < -0.3 is 15.1 Å². The molecular formula is C15H24N4O. The maximum absolute atomic E-state index is 12.4. The fourth-order valence-electron chi connectivity index (χ4n) is 2.53. The average Bonchev–Trinajstić information content (AvgIpc) is 2.43. The van der Waals surface area contributed by atoms with Gasteiger partial charge >= 0.3 is 0 Å². The first-order valence-corrected chi connectivity index (χ1v) is 7.43. The van der Waals surface area contributed by atoms with Crippen molar-refractivity contribution < 1.29 is 4.79 Å². The van der Waals surface area contributed by atoms with E-state index in [9.17, 15) is 4.79 Å². The highest BCUT2D eigenvalue weighted by atomic mass is 16.2. The lowest BCUT2D eigenvalue weighted by Crippen LogP contribution is -2.57. The van der Waals surface area contributed by atoms with Gasteiger partial charge in [0.15, 0.2) is 0 Å². The summed E-state index contributed by atoms with van der Waals surface area (Å²) >= 11 is 0. The molecule has 0 aromatic carbocycles. The summed E-state index contributed by atoms with van der Waals surface area (Å²) in [6.45, 7) is 10.5. The van der Waals surface area contributed by atoms with Gasteiger partial charge in [-0.25, -0.2) is 0 Å². The Kier molecular flexibility index (Phi) is 4.95. The molecule has 1 saturated heterocycles. The Labute approximate surface area is 121 Å². The summed E-state index contributed by atoms with van der Waals surface area (Å²) in [6, 6.07) is 4.43. The second-order valence-electron chi connectivity index (χ2n) is 4.97. The Bertz CT molecular complexity index is 455. The van der Waals surface area contributed by atoms with Crippen molar-refractivity contribution in [1.82, 2.24) is 15.2 Å². The standard InChI is InChI=1S/C15H24N4O/c1-4-18(5-2)15(20)14-9-12(7-8-17-14)19(6-3)13-10-16-11-13/h7-9,13,16H,4-6,10-11H2,1-3H3. The Hall–Kier alpha value is -1.62. The van der Waals surface area contributed by atoms with E-state index >= 15 is 0 Å². The minimum atomic E-state index is 0.0136. The van der Waals surface area contributed by atoms with E-state index in [0.29, 0.717) is 24.8 Å². The van der Waals surface area contributed by atoms with Gasteiger partial charge in [-0.1, -0.05) is 0 Å². The van der Waals surface area contributed by atoms with Gasteiger partial charge in [0.2, 0.25) is 0 Å². The molecule has 1 aromatic rings. The Morgan fingerprint density at radius 3 is 2.50 bits per heavy atom. The van der Waals surface area contributed by atoms with Crippen LogP contribution in [0.5, 0.6) is 0 Å². The molecule has 20 heavy (non-hydrogen) atoms. The summed E-state index contributed by atoms with van der Waals surface area (Å²) in [7, 11) is 0. The lowest BCUT2D eigenvalue weighted by molar-refractivity contribution is 0.0767. The summed E-state index contributed by atoms with van der Waals surface area (Å²) in [4.78, 5) is 20.7. The number of rotatable bonds is 6. The molecular weight excluding hydrogens is 252 g/mol. The van der Waals surface area contributed by atoms with Crippen molar-refractivity contribution in [2.75, 3.05) is 37.6 Å². The van der Waals surface area contributed by atoms with E-state index in [-0.39, 0.29) is 5.91 Å². The van der Waals surface area contributed by atoms with Crippen LogP contribution >= 0.6 is 0 Å². The zero-order valence-electron chi connectivity index (χ0n) is 12.6. The number of carbonyl (C=O) groups excluding carboxylic acids is 1. The number of hydrogen-bond donors (Lipinski definition) is 1. The number of carbonyl (C=O) groups is 1. The maximum Gasteiger partial charge on any atom is 0.272 e. The minimum absolute atomic E-state index is 0.0136. The van der Waals surface area contributed by atoms with Gasteiger partial charge in [-0.15, -0.1) is 0 Å². The van der Waals surface area contributed by atoms with Crippen LogP contribution in [-0.4, -0.2) is 54.6 Å². The van der Waals surface area contributed by atoms with Crippen LogP contribution in [-0.2, 0) is 0 Å². The van der Waals surface area contributed by atoms with Crippen molar-refractivity contribution in [2.24, 2.45) is 0 Å². The predicted octanol–water partition coefficient (Wildman–Crippen LogP) is 1.36. The van der Waals surface area contributed by atoms with E-state index in [2.05, 4.69) is 22.1 Å². The largest absolute Gasteiger partial charge is 0.366 e. The number of amides is 1. The molecule has 1 aliphatic heterocycles. The van der Waals surface area contributed by atoms with Gasteiger partial charge in [0.05, 0.1) is 6.04 Å². The molecule has 0 radical (unpaired) electrons. The van der Waals surface area contributed by atoms with Crippen molar-refractivity contribution in [3.05, 3.63) is 24.0 Å². The van der Waals surface area contributed by atoms with Crippen LogP contribution in [0.4, 0.5) is 5.69 Å². The first-order valence-electron chi connectivity index (χ1n) is 7.43. The van der Waals surface area contributed by atoms with Gasteiger partial charge in [-0.05, 0) is 32.9 Å². The van der Waals surface area contributed by atoms with Crippen molar-refractivity contribution in [3.63, 3.8) is 0 Å². The number of nitrogens with zero attached hydrogens (tertiary/aromatic N) is 3. The normalized spacial score (nSPS) is 14.8. The molecule has 0 bridgehead atoms. The number of pyridine rings is 1. The molecule has 0 spiro atoms. The van der Waals surface area contributed by atoms with Gasteiger partial charge in [0, 0.05) is 44.6 Å². The van der Waals surface area contributed by atoms with Crippen molar-refractivity contribution >= 4 is 11.6 Å². The topological polar surface area (TPSA) is 48.5 Å². The highest BCUT2D eigenvalue weighted by Gasteiger charge is 2.24. The molecule has 1 aromatic heterocycles. The summed E-state index contributed by atoms with van der Waals surface area (Å²) in [6.07, 6.45) is 1.74. The van der Waals surface area contributed by atoms with Crippen molar-refractivity contribution in [1.29, 1.82) is 0 Å². The number of anilines is 1. The molecule has 1 aliphatic rings. The molecule has 0 aliphatic carbocycles. The Balaban J connectivity index is 2.20. The fourth-order valence-corrected chi connectivity index (χ4v) is 2.53. The summed E-state index contributed by atoms with van der Waals surface area (Å²) in [5, 5.41) is 3.29. The van der Waals surface area contributed by atoms with E-state index < -0.39 is 0 Å². The molecule has 5 nitrogen and oxygen atoms in total. The quantitative estimate of drug-likeness (QED) is 0.852. The Morgan fingerprint density at radius 2 is 2.00 bits per heavy atom. The molecule has 2 heterocycles. The van der Waals surface area contributed by atoms with Crippen LogP contribution in [0.1, 0.15) is 31.3 Å². The van der Waals surface area contributed by atoms with Crippen LogP contribution in [0.15, 0.2) is 18.3 Å². The fraction of sp³-hybridized carbons (Fsp3) is 0.600. The molecule has 1 N–H and O–H groups in total. The van der Waals surface area contributed by atoms with Gasteiger partial charge in [0.1, 0.15) is 5.69 Å². The summed E-state index contributed by atoms with van der Waals surface area (Å²) in [5.74, 6) is 0.0136. The minimum Gasteiger partial charge on any atom is -0.366 e. The van der Waals surface area contributed by atoms with Crippen LogP contribution in [0.2, 0.25) is 0 Å². The average molecular weight is 276 g/mol. The number of aromatic nitrogens is 1. The maximum atomic E-state index is 12.4. The molecule has 2 rings (SSSR count). The molecule has 1 fully saturated rings. The lowest BCUT2D eigenvalue weighted by atomic mass is 10.1.